The first-order chi connectivity index (χ1) is 9.95. The number of halogens is 1. The van der Waals surface area contributed by atoms with Crippen LogP contribution in [0.15, 0.2) is 28.6 Å². The Kier molecular flexibility index (Phi) is 4.85. The molecular weight excluding hydrogens is 308 g/mol. The molecule has 112 valence electrons. The van der Waals surface area contributed by atoms with Gasteiger partial charge in [-0.15, -0.1) is 11.3 Å². The molecule has 0 aliphatic rings. The standard InChI is InChI=1S/C15H17ClN2O2S/c1-4-10(14(19)20)11-6-5-7-12(13(11)16)17-15-18(3)9(2)8-21-15/h5-8,10H,4H2,1-3H3,(H,19,20)/b17-15-. The van der Waals surface area contributed by atoms with Crippen LogP contribution in [0.4, 0.5) is 5.69 Å². The van der Waals surface area contributed by atoms with E-state index in [0.717, 1.165) is 10.5 Å². The third kappa shape index (κ3) is 3.19. The molecule has 6 heteroatoms. The molecule has 4 nitrogen and oxygen atoms in total. The van der Waals surface area contributed by atoms with Crippen LogP contribution in [0.3, 0.4) is 0 Å². The second-order valence-electron chi connectivity index (χ2n) is 4.81. The highest BCUT2D eigenvalue weighted by molar-refractivity contribution is 7.07. The molecule has 2 rings (SSSR count). The molecule has 0 spiro atoms. The van der Waals surface area contributed by atoms with Crippen LogP contribution in [0.25, 0.3) is 0 Å². The predicted molar refractivity (Wildman–Crippen MR) is 85.4 cm³/mol. The second kappa shape index (κ2) is 6.45. The number of hydrogen-bond donors (Lipinski definition) is 1. The molecule has 0 fully saturated rings. The molecule has 1 N–H and O–H groups in total. The largest absolute Gasteiger partial charge is 0.481 e. The summed E-state index contributed by atoms with van der Waals surface area (Å²) < 4.78 is 1.97. The Balaban J connectivity index is 2.55. The van der Waals surface area contributed by atoms with Crippen LogP contribution in [0, 0.1) is 6.92 Å². The van der Waals surface area contributed by atoms with Crippen molar-refractivity contribution in [1.82, 2.24) is 4.57 Å². The molecule has 21 heavy (non-hydrogen) atoms. The molecule has 0 saturated heterocycles. The van der Waals surface area contributed by atoms with Crippen LogP contribution in [0.2, 0.25) is 5.02 Å². The SMILES string of the molecule is CCC(C(=O)O)c1cccc(/N=c2\scc(C)n2C)c1Cl. The van der Waals surface area contributed by atoms with E-state index in [4.69, 9.17) is 11.6 Å². The Morgan fingerprint density at radius 3 is 2.76 bits per heavy atom. The lowest BCUT2D eigenvalue weighted by Crippen LogP contribution is -2.12. The number of carbonyl (C=O) groups is 1. The molecule has 0 radical (unpaired) electrons. The maximum atomic E-state index is 11.3. The monoisotopic (exact) mass is 324 g/mol. The van der Waals surface area contributed by atoms with E-state index >= 15 is 0 Å². The third-order valence-electron chi connectivity index (χ3n) is 3.46. The molecule has 0 bridgehead atoms. The van der Waals surface area contributed by atoms with Gasteiger partial charge in [0, 0.05) is 18.1 Å². The number of benzene rings is 1. The van der Waals surface area contributed by atoms with Gasteiger partial charge in [-0.2, -0.15) is 0 Å². The zero-order valence-electron chi connectivity index (χ0n) is 12.1. The van der Waals surface area contributed by atoms with Gasteiger partial charge in [0.1, 0.15) is 0 Å². The fourth-order valence-electron chi connectivity index (χ4n) is 2.07. The average Bonchev–Trinajstić information content (AvgIpc) is 2.75. The smallest absolute Gasteiger partial charge is 0.311 e. The van der Waals surface area contributed by atoms with Crippen LogP contribution < -0.4 is 4.80 Å². The van der Waals surface area contributed by atoms with Gasteiger partial charge < -0.3 is 9.67 Å². The second-order valence-corrected chi connectivity index (χ2v) is 6.02. The van der Waals surface area contributed by atoms with Gasteiger partial charge in [0.25, 0.3) is 0 Å². The normalized spacial score (nSPS) is 13.4. The highest BCUT2D eigenvalue weighted by Crippen LogP contribution is 2.34. The summed E-state index contributed by atoms with van der Waals surface area (Å²) in [6, 6.07) is 5.35. The van der Waals surface area contributed by atoms with Gasteiger partial charge >= 0.3 is 5.97 Å². The predicted octanol–water partition coefficient (Wildman–Crippen LogP) is 3.86. The van der Waals surface area contributed by atoms with Crippen molar-refractivity contribution < 1.29 is 9.90 Å². The zero-order chi connectivity index (χ0) is 15.6. The van der Waals surface area contributed by atoms with Crippen molar-refractivity contribution in [2.24, 2.45) is 12.0 Å². The number of rotatable bonds is 4. The number of carboxylic acids is 1. The van der Waals surface area contributed by atoms with E-state index in [2.05, 4.69) is 4.99 Å². The van der Waals surface area contributed by atoms with Gasteiger partial charge in [-0.25, -0.2) is 4.99 Å². The van der Waals surface area contributed by atoms with E-state index in [1.807, 2.05) is 30.8 Å². The van der Waals surface area contributed by atoms with Gasteiger partial charge in [-0.1, -0.05) is 30.7 Å². The fraction of sp³-hybridized carbons (Fsp3) is 0.333. The molecule has 0 aliphatic heterocycles. The molecule has 1 atom stereocenters. The molecule has 2 aromatic rings. The number of nitrogens with zero attached hydrogens (tertiary/aromatic N) is 2. The average molecular weight is 325 g/mol. The van der Waals surface area contributed by atoms with Crippen LogP contribution in [0.5, 0.6) is 0 Å². The Morgan fingerprint density at radius 2 is 2.24 bits per heavy atom. The maximum absolute atomic E-state index is 11.3. The van der Waals surface area contributed by atoms with Crippen molar-refractivity contribution in [2.45, 2.75) is 26.2 Å². The molecule has 0 amide bonds. The minimum atomic E-state index is -0.867. The minimum Gasteiger partial charge on any atom is -0.481 e. The lowest BCUT2D eigenvalue weighted by Gasteiger charge is -2.13. The van der Waals surface area contributed by atoms with Gasteiger partial charge in [0.05, 0.1) is 16.6 Å². The fourth-order valence-corrected chi connectivity index (χ4v) is 3.26. The summed E-state index contributed by atoms with van der Waals surface area (Å²) in [5.41, 5.74) is 2.33. The number of aromatic nitrogens is 1. The molecule has 1 unspecified atom stereocenters. The van der Waals surface area contributed by atoms with E-state index in [9.17, 15) is 9.90 Å². The summed E-state index contributed by atoms with van der Waals surface area (Å²) in [5, 5.41) is 11.7. The van der Waals surface area contributed by atoms with E-state index in [-0.39, 0.29) is 0 Å². The number of carboxylic acid groups (broad SMARTS) is 1. The first-order valence-electron chi connectivity index (χ1n) is 6.62. The van der Waals surface area contributed by atoms with Crippen molar-refractivity contribution in [3.8, 4) is 0 Å². The number of hydrogen-bond acceptors (Lipinski definition) is 3. The lowest BCUT2D eigenvalue weighted by molar-refractivity contribution is -0.138. The van der Waals surface area contributed by atoms with Crippen molar-refractivity contribution in [3.05, 3.63) is 44.7 Å². The summed E-state index contributed by atoms with van der Waals surface area (Å²) in [5.74, 6) is -1.47. The van der Waals surface area contributed by atoms with Crippen LogP contribution in [-0.2, 0) is 11.8 Å². The maximum Gasteiger partial charge on any atom is 0.311 e. The summed E-state index contributed by atoms with van der Waals surface area (Å²) in [7, 11) is 1.94. The number of thiazole rings is 1. The molecular formula is C15H17ClN2O2S. The van der Waals surface area contributed by atoms with Gasteiger partial charge in [0.15, 0.2) is 4.80 Å². The Hall–Kier alpha value is -1.59. The van der Waals surface area contributed by atoms with E-state index < -0.39 is 11.9 Å². The first kappa shape index (κ1) is 15.8. The van der Waals surface area contributed by atoms with Crippen molar-refractivity contribution in [2.75, 3.05) is 0 Å². The highest BCUT2D eigenvalue weighted by Gasteiger charge is 2.21. The number of aliphatic carboxylic acids is 1. The third-order valence-corrected chi connectivity index (χ3v) is 4.90. The quantitative estimate of drug-likeness (QED) is 0.928. The van der Waals surface area contributed by atoms with Crippen molar-refractivity contribution in [3.63, 3.8) is 0 Å². The summed E-state index contributed by atoms with van der Waals surface area (Å²) in [4.78, 5) is 16.7. The van der Waals surface area contributed by atoms with Crippen LogP contribution >= 0.6 is 22.9 Å². The van der Waals surface area contributed by atoms with Gasteiger partial charge in [-0.3, -0.25) is 4.79 Å². The van der Waals surface area contributed by atoms with Gasteiger partial charge in [0.2, 0.25) is 0 Å². The molecule has 1 heterocycles. The number of aryl methyl sites for hydroxylation is 1. The van der Waals surface area contributed by atoms with E-state index in [1.165, 1.54) is 11.3 Å². The molecule has 1 aromatic carbocycles. The summed E-state index contributed by atoms with van der Waals surface area (Å²) in [6.07, 6.45) is 0.490. The molecule has 0 aliphatic carbocycles. The van der Waals surface area contributed by atoms with Crippen molar-refractivity contribution in [1.29, 1.82) is 0 Å². The molecule has 0 saturated carbocycles. The van der Waals surface area contributed by atoms with E-state index in [1.54, 1.807) is 18.2 Å². The Labute approximate surface area is 132 Å². The minimum absolute atomic E-state index is 0.415. The Morgan fingerprint density at radius 1 is 1.52 bits per heavy atom. The molecule has 1 aromatic heterocycles. The van der Waals surface area contributed by atoms with Crippen LogP contribution in [0.1, 0.15) is 30.5 Å². The lowest BCUT2D eigenvalue weighted by atomic mass is 9.96. The van der Waals surface area contributed by atoms with E-state index in [0.29, 0.717) is 22.7 Å². The highest BCUT2D eigenvalue weighted by atomic mass is 35.5. The topological polar surface area (TPSA) is 54.6 Å². The summed E-state index contributed by atoms with van der Waals surface area (Å²) in [6.45, 7) is 3.84. The summed E-state index contributed by atoms with van der Waals surface area (Å²) >= 11 is 7.90. The van der Waals surface area contributed by atoms with Crippen LogP contribution in [-0.4, -0.2) is 15.6 Å². The Bertz CT molecular complexity index is 734. The zero-order valence-corrected chi connectivity index (χ0v) is 13.7. The first-order valence-corrected chi connectivity index (χ1v) is 7.88. The van der Waals surface area contributed by atoms with Gasteiger partial charge in [-0.05, 0) is 25.0 Å². The van der Waals surface area contributed by atoms with Crippen molar-refractivity contribution >= 4 is 34.6 Å².